The van der Waals surface area contributed by atoms with Crippen LogP contribution < -0.4 is 0 Å². The van der Waals surface area contributed by atoms with E-state index in [2.05, 4.69) is 0 Å². The van der Waals surface area contributed by atoms with Crippen LogP contribution in [0, 0.1) is 11.8 Å². The highest BCUT2D eigenvalue weighted by molar-refractivity contribution is 5.72. The van der Waals surface area contributed by atoms with Crippen LogP contribution in [0.4, 0.5) is 0 Å². The SMILES string of the molecule is C[C@@H]1O[C@@H](O[C@@H]2[C@@H](CO)[C@H](O)OC[C@H]2O[C@@H]2O[C@@H](CO)[C@H](O)[C@H](OC(CC3CCCCC3)C(=O)O)[C@H]2O)[C@@H](O)[C@H](O)[C@@H]1O. The molecule has 3 aliphatic heterocycles. The minimum Gasteiger partial charge on any atom is -0.479 e. The monoisotopic (exact) mass is 626 g/mol. The molecule has 0 aromatic heterocycles. The van der Waals surface area contributed by atoms with Crippen LogP contribution in [0.5, 0.6) is 0 Å². The molecular weight excluding hydrogens is 580 g/mol. The van der Waals surface area contributed by atoms with Gasteiger partial charge < -0.3 is 74.4 Å². The molecule has 4 aliphatic rings. The maximum atomic E-state index is 12.1. The maximum absolute atomic E-state index is 12.1. The van der Waals surface area contributed by atoms with Crippen molar-refractivity contribution in [2.45, 2.75) is 131 Å². The minimum atomic E-state index is -1.76. The number of carboxylic acid groups (broad SMARTS) is 1. The highest BCUT2D eigenvalue weighted by Gasteiger charge is 2.52. The zero-order chi connectivity index (χ0) is 31.4. The Balaban J connectivity index is 1.51. The van der Waals surface area contributed by atoms with E-state index >= 15 is 0 Å². The maximum Gasteiger partial charge on any atom is 0.332 e. The third-order valence-electron chi connectivity index (χ3n) is 8.90. The highest BCUT2D eigenvalue weighted by atomic mass is 16.7. The molecule has 0 spiro atoms. The first kappa shape index (κ1) is 34.8. The molecule has 1 saturated carbocycles. The summed E-state index contributed by atoms with van der Waals surface area (Å²) in [6.45, 7) is -0.352. The Morgan fingerprint density at radius 2 is 1.49 bits per heavy atom. The largest absolute Gasteiger partial charge is 0.479 e. The molecule has 0 radical (unpaired) electrons. The Morgan fingerprint density at radius 3 is 2.12 bits per heavy atom. The standard InChI is InChI=1S/C27H46O16/c1-11-17(30)19(32)20(33)26(39-11)43-22-13(8-28)25(37)38-10-16(22)42-27-21(34)23(18(31)15(9-29)41-27)40-14(24(35)36)7-12-5-3-2-4-6-12/h11-23,25-34,37H,2-10H2,1H3,(H,35,36)/t11-,13+,14?,15-,16+,17+,18-,19+,20-,21+,22+,23-,25+,26-,27-/m0/s1. The first-order valence-corrected chi connectivity index (χ1v) is 14.9. The summed E-state index contributed by atoms with van der Waals surface area (Å²) in [5.41, 5.74) is 0. The molecule has 0 aromatic carbocycles. The van der Waals surface area contributed by atoms with Crippen LogP contribution in [-0.4, -0.2) is 158 Å². The number of rotatable bonds is 11. The number of carboxylic acids is 1. The zero-order valence-corrected chi connectivity index (χ0v) is 24.0. The van der Waals surface area contributed by atoms with Gasteiger partial charge in [0.05, 0.1) is 37.9 Å². The molecule has 43 heavy (non-hydrogen) atoms. The molecular formula is C27H46O16. The van der Waals surface area contributed by atoms with Crippen molar-refractivity contribution in [3.8, 4) is 0 Å². The smallest absolute Gasteiger partial charge is 0.332 e. The first-order valence-electron chi connectivity index (χ1n) is 14.9. The average molecular weight is 627 g/mol. The summed E-state index contributed by atoms with van der Waals surface area (Å²) in [5, 5.41) is 92.8. The Bertz CT molecular complexity index is 874. The molecule has 3 heterocycles. The van der Waals surface area contributed by atoms with Crippen LogP contribution in [0.1, 0.15) is 45.4 Å². The number of aliphatic hydroxyl groups is 8. The predicted octanol–water partition coefficient (Wildman–Crippen LogP) is -3.21. The Labute approximate surface area is 248 Å². The quantitative estimate of drug-likeness (QED) is 0.109. The van der Waals surface area contributed by atoms with Crippen LogP contribution in [-0.2, 0) is 33.2 Å². The van der Waals surface area contributed by atoms with Gasteiger partial charge in [-0.05, 0) is 19.3 Å². The van der Waals surface area contributed by atoms with Crippen molar-refractivity contribution >= 4 is 5.97 Å². The molecule has 3 saturated heterocycles. The molecule has 16 heteroatoms. The van der Waals surface area contributed by atoms with Gasteiger partial charge in [-0.15, -0.1) is 0 Å². The van der Waals surface area contributed by atoms with E-state index in [0.29, 0.717) is 0 Å². The summed E-state index contributed by atoms with van der Waals surface area (Å²) in [6, 6.07) is 0. The Hall–Kier alpha value is -1.09. The fourth-order valence-electron chi connectivity index (χ4n) is 6.26. The van der Waals surface area contributed by atoms with E-state index in [1.807, 2.05) is 0 Å². The molecule has 15 atom stereocenters. The van der Waals surface area contributed by atoms with Crippen LogP contribution in [0.2, 0.25) is 0 Å². The van der Waals surface area contributed by atoms with Crippen molar-refractivity contribution < 1.29 is 79.2 Å². The lowest BCUT2D eigenvalue weighted by Gasteiger charge is -2.47. The van der Waals surface area contributed by atoms with E-state index in [1.54, 1.807) is 0 Å². The molecule has 1 aliphatic carbocycles. The molecule has 0 bridgehead atoms. The molecule has 1 unspecified atom stereocenters. The van der Waals surface area contributed by atoms with Crippen molar-refractivity contribution in [3.63, 3.8) is 0 Å². The van der Waals surface area contributed by atoms with Gasteiger partial charge in [0.15, 0.2) is 25.0 Å². The Kier molecular flexibility index (Phi) is 12.5. The number of carbonyl (C=O) groups is 1. The lowest BCUT2D eigenvalue weighted by Crippen LogP contribution is -2.64. The number of hydrogen-bond acceptors (Lipinski definition) is 15. The fraction of sp³-hybridized carbons (Fsp3) is 0.963. The van der Waals surface area contributed by atoms with E-state index in [4.69, 9.17) is 28.4 Å². The summed E-state index contributed by atoms with van der Waals surface area (Å²) >= 11 is 0. The van der Waals surface area contributed by atoms with Crippen molar-refractivity contribution in [1.29, 1.82) is 0 Å². The van der Waals surface area contributed by atoms with Crippen molar-refractivity contribution in [2.75, 3.05) is 19.8 Å². The second-order valence-electron chi connectivity index (χ2n) is 11.9. The van der Waals surface area contributed by atoms with Gasteiger partial charge in [-0.3, -0.25) is 0 Å². The molecule has 4 rings (SSSR count). The van der Waals surface area contributed by atoms with E-state index in [9.17, 15) is 50.8 Å². The van der Waals surface area contributed by atoms with Crippen LogP contribution in [0.25, 0.3) is 0 Å². The minimum absolute atomic E-state index is 0.100. The lowest BCUT2D eigenvalue weighted by atomic mass is 9.85. The lowest BCUT2D eigenvalue weighted by molar-refractivity contribution is -0.368. The Morgan fingerprint density at radius 1 is 0.814 bits per heavy atom. The van der Waals surface area contributed by atoms with Crippen LogP contribution >= 0.6 is 0 Å². The van der Waals surface area contributed by atoms with Gasteiger partial charge in [0.1, 0.15) is 48.8 Å². The van der Waals surface area contributed by atoms with Crippen molar-refractivity contribution in [1.82, 2.24) is 0 Å². The first-order chi connectivity index (χ1) is 20.5. The molecule has 16 nitrogen and oxygen atoms in total. The molecule has 0 aromatic rings. The van der Waals surface area contributed by atoms with Crippen LogP contribution in [0.15, 0.2) is 0 Å². The second-order valence-corrected chi connectivity index (χ2v) is 11.9. The summed E-state index contributed by atoms with van der Waals surface area (Å²) in [5.74, 6) is -2.34. The van der Waals surface area contributed by atoms with Crippen molar-refractivity contribution in [3.05, 3.63) is 0 Å². The summed E-state index contributed by atoms with van der Waals surface area (Å²) in [7, 11) is 0. The van der Waals surface area contributed by atoms with Crippen molar-refractivity contribution in [2.24, 2.45) is 11.8 Å². The van der Waals surface area contributed by atoms with E-state index in [0.717, 1.165) is 32.1 Å². The molecule has 9 N–H and O–H groups in total. The number of aliphatic carboxylic acids is 1. The van der Waals surface area contributed by atoms with Gasteiger partial charge in [0.2, 0.25) is 0 Å². The second kappa shape index (κ2) is 15.5. The van der Waals surface area contributed by atoms with E-state index in [1.165, 1.54) is 6.92 Å². The molecule has 250 valence electrons. The number of aliphatic hydroxyl groups excluding tert-OH is 8. The van der Waals surface area contributed by atoms with Crippen LogP contribution in [0.3, 0.4) is 0 Å². The summed E-state index contributed by atoms with van der Waals surface area (Å²) in [6.07, 6.45) is -15.7. The number of ether oxygens (including phenoxy) is 6. The predicted molar refractivity (Wildman–Crippen MR) is 140 cm³/mol. The normalized spacial score (nSPS) is 45.5. The zero-order valence-electron chi connectivity index (χ0n) is 24.0. The average Bonchev–Trinajstić information content (AvgIpc) is 2.99. The van der Waals surface area contributed by atoms with Gasteiger partial charge in [-0.2, -0.15) is 0 Å². The number of hydrogen-bond donors (Lipinski definition) is 9. The van der Waals surface area contributed by atoms with Gasteiger partial charge in [0, 0.05) is 0 Å². The molecule has 4 fully saturated rings. The van der Waals surface area contributed by atoms with E-state index < -0.39 is 111 Å². The molecule has 0 amide bonds. The fourth-order valence-corrected chi connectivity index (χ4v) is 6.26. The van der Waals surface area contributed by atoms with E-state index in [-0.39, 0.29) is 18.9 Å². The third-order valence-corrected chi connectivity index (χ3v) is 8.90. The third kappa shape index (κ3) is 8.01. The van der Waals surface area contributed by atoms with Gasteiger partial charge in [-0.1, -0.05) is 32.1 Å². The van der Waals surface area contributed by atoms with Gasteiger partial charge >= 0.3 is 5.97 Å². The highest BCUT2D eigenvalue weighted by Crippen LogP contribution is 2.34. The summed E-state index contributed by atoms with van der Waals surface area (Å²) < 4.78 is 34.0. The van der Waals surface area contributed by atoms with Gasteiger partial charge in [-0.25, -0.2) is 4.79 Å². The summed E-state index contributed by atoms with van der Waals surface area (Å²) in [4.78, 5) is 12.1. The topological polar surface area (TPSA) is 255 Å². The van der Waals surface area contributed by atoms with Gasteiger partial charge in [0.25, 0.3) is 0 Å².